The maximum absolute atomic E-state index is 14.3. The van der Waals surface area contributed by atoms with Gasteiger partial charge in [-0.25, -0.2) is 8.42 Å². The minimum atomic E-state index is -4.31. The quantitative estimate of drug-likeness (QED) is 0.225. The van der Waals surface area contributed by atoms with E-state index >= 15 is 0 Å². The van der Waals surface area contributed by atoms with E-state index in [0.717, 1.165) is 21.9 Å². The van der Waals surface area contributed by atoms with E-state index in [2.05, 4.69) is 5.32 Å². The summed E-state index contributed by atoms with van der Waals surface area (Å²) in [5, 5.41) is 2.99. The predicted molar refractivity (Wildman–Crippen MR) is 175 cm³/mol. The third kappa shape index (κ3) is 8.91. The summed E-state index contributed by atoms with van der Waals surface area (Å²) in [5.74, 6) is 0.335. The molecule has 2 unspecified atom stereocenters. The first-order valence-electron chi connectivity index (χ1n) is 15.1. The van der Waals surface area contributed by atoms with Crippen LogP contribution in [0.15, 0.2) is 71.6 Å². The van der Waals surface area contributed by atoms with Gasteiger partial charge in [-0.3, -0.25) is 13.9 Å². The number of nitrogens with zero attached hydrogens (tertiary/aromatic N) is 2. The molecule has 0 saturated heterocycles. The van der Waals surface area contributed by atoms with Gasteiger partial charge in [0.25, 0.3) is 10.0 Å². The number of sulfonamides is 1. The molecule has 0 aliphatic carbocycles. The van der Waals surface area contributed by atoms with Crippen LogP contribution in [-0.2, 0) is 26.2 Å². The average Bonchev–Trinajstić information content (AvgIpc) is 3.03. The minimum Gasteiger partial charge on any atom is -0.494 e. The molecule has 0 radical (unpaired) electrons. The lowest BCUT2D eigenvalue weighted by Gasteiger charge is -2.34. The second-order valence-electron chi connectivity index (χ2n) is 10.7. The van der Waals surface area contributed by atoms with Crippen LogP contribution in [0.1, 0.15) is 51.7 Å². The second-order valence-corrected chi connectivity index (χ2v) is 12.6. The highest BCUT2D eigenvalue weighted by molar-refractivity contribution is 7.92. The maximum atomic E-state index is 14.3. The number of hydrogen-bond acceptors (Lipinski definition) is 7. The number of methoxy groups -OCH3 is 2. The van der Waals surface area contributed by atoms with Crippen LogP contribution in [0.5, 0.6) is 17.2 Å². The van der Waals surface area contributed by atoms with E-state index in [1.54, 1.807) is 24.3 Å². The van der Waals surface area contributed by atoms with Gasteiger partial charge in [0, 0.05) is 18.7 Å². The Morgan fingerprint density at radius 2 is 1.58 bits per heavy atom. The molecule has 0 spiro atoms. The summed E-state index contributed by atoms with van der Waals surface area (Å²) in [4.78, 5) is 29.2. The lowest BCUT2D eigenvalue weighted by Crippen LogP contribution is -2.53. The molecular weight excluding hydrogens is 594 g/mol. The molecule has 244 valence electrons. The zero-order chi connectivity index (χ0) is 33.1. The summed E-state index contributed by atoms with van der Waals surface area (Å²) in [5.41, 5.74) is 2.09. The van der Waals surface area contributed by atoms with Gasteiger partial charge in [0.2, 0.25) is 11.8 Å². The molecule has 2 atom stereocenters. The first kappa shape index (κ1) is 35.2. The van der Waals surface area contributed by atoms with E-state index in [-0.39, 0.29) is 34.8 Å². The molecule has 1 N–H and O–H groups in total. The summed E-state index contributed by atoms with van der Waals surface area (Å²) in [6, 6.07) is 17.5. The van der Waals surface area contributed by atoms with E-state index in [1.165, 1.54) is 37.3 Å². The largest absolute Gasteiger partial charge is 0.494 e. The van der Waals surface area contributed by atoms with Crippen LogP contribution in [-0.4, -0.2) is 64.6 Å². The molecule has 11 heteroatoms. The highest BCUT2D eigenvalue weighted by atomic mass is 32.2. The average molecular weight is 640 g/mol. The number of carbonyl (C=O) groups excluding carboxylic acids is 2. The fourth-order valence-electron chi connectivity index (χ4n) is 4.88. The van der Waals surface area contributed by atoms with Gasteiger partial charge < -0.3 is 24.4 Å². The molecule has 0 saturated carbocycles. The Morgan fingerprint density at radius 1 is 0.889 bits per heavy atom. The van der Waals surface area contributed by atoms with Crippen LogP contribution in [0.2, 0.25) is 0 Å². The van der Waals surface area contributed by atoms with Crippen molar-refractivity contribution in [2.45, 2.75) is 71.0 Å². The highest BCUT2D eigenvalue weighted by Gasteiger charge is 2.34. The number of rotatable bonds is 16. The second kappa shape index (κ2) is 16.2. The molecule has 3 aromatic carbocycles. The van der Waals surface area contributed by atoms with Gasteiger partial charge in [-0.1, -0.05) is 43.7 Å². The van der Waals surface area contributed by atoms with Crippen molar-refractivity contribution in [1.82, 2.24) is 10.2 Å². The maximum Gasteiger partial charge on any atom is 0.264 e. The number of benzene rings is 3. The number of aryl methyl sites for hydroxylation is 1. The molecule has 0 fully saturated rings. The van der Waals surface area contributed by atoms with Crippen molar-refractivity contribution < 1.29 is 32.2 Å². The van der Waals surface area contributed by atoms with E-state index in [0.29, 0.717) is 24.5 Å². The van der Waals surface area contributed by atoms with Crippen LogP contribution >= 0.6 is 0 Å². The number of ether oxygens (including phenoxy) is 3. The Kier molecular flexibility index (Phi) is 12.7. The number of amides is 2. The van der Waals surface area contributed by atoms with E-state index in [9.17, 15) is 18.0 Å². The lowest BCUT2D eigenvalue weighted by molar-refractivity contribution is -0.140. The number of anilines is 1. The normalized spacial score (nSPS) is 12.5. The molecule has 0 heterocycles. The first-order chi connectivity index (χ1) is 21.5. The molecule has 0 aromatic heterocycles. The van der Waals surface area contributed by atoms with Crippen molar-refractivity contribution in [2.75, 3.05) is 31.7 Å². The summed E-state index contributed by atoms with van der Waals surface area (Å²) in [7, 11) is -1.43. The van der Waals surface area contributed by atoms with Crippen LogP contribution in [0, 0.1) is 6.92 Å². The summed E-state index contributed by atoms with van der Waals surface area (Å²) in [6.07, 6.45) is 1.06. The SMILES string of the molecule is CCOc1ccc(N(CC(=O)N(Cc2cccc(C)c2)C(CC)C(=O)NC(C)CC)S(=O)(=O)c2ccc(OC)c(OC)c2)cc1. The number of carbonyl (C=O) groups is 2. The van der Waals surface area contributed by atoms with Crippen LogP contribution in [0.3, 0.4) is 0 Å². The van der Waals surface area contributed by atoms with Crippen molar-refractivity contribution in [3.63, 3.8) is 0 Å². The van der Waals surface area contributed by atoms with Crippen LogP contribution in [0.4, 0.5) is 5.69 Å². The molecule has 3 rings (SSSR count). The monoisotopic (exact) mass is 639 g/mol. The van der Waals surface area contributed by atoms with Gasteiger partial charge in [0.1, 0.15) is 18.3 Å². The fourth-order valence-corrected chi connectivity index (χ4v) is 6.31. The van der Waals surface area contributed by atoms with Crippen molar-refractivity contribution in [1.29, 1.82) is 0 Å². The van der Waals surface area contributed by atoms with Crippen molar-refractivity contribution in [3.8, 4) is 17.2 Å². The predicted octanol–water partition coefficient (Wildman–Crippen LogP) is 5.33. The standard InChI is InChI=1S/C34H45N3O7S/c1-8-25(5)35-34(39)30(9-2)36(22-26-13-11-12-24(4)20-26)33(38)23-37(27-14-16-28(17-15-27)44-10-3)45(40,41)29-18-19-31(42-6)32(21-29)43-7/h11-21,25,30H,8-10,22-23H2,1-7H3,(H,35,39). The van der Waals surface area contributed by atoms with E-state index in [4.69, 9.17) is 14.2 Å². The zero-order valence-corrected chi connectivity index (χ0v) is 28.0. The smallest absolute Gasteiger partial charge is 0.264 e. The summed E-state index contributed by atoms with van der Waals surface area (Å²) >= 11 is 0. The Bertz CT molecular complexity index is 1540. The van der Waals surface area contributed by atoms with Gasteiger partial charge in [0.05, 0.1) is 31.4 Å². The fraction of sp³-hybridized carbons (Fsp3) is 0.412. The topological polar surface area (TPSA) is 114 Å². The lowest BCUT2D eigenvalue weighted by atomic mass is 10.1. The zero-order valence-electron chi connectivity index (χ0n) is 27.2. The minimum absolute atomic E-state index is 0.0892. The van der Waals surface area contributed by atoms with Crippen LogP contribution in [0.25, 0.3) is 0 Å². The Labute approximate surface area is 267 Å². The third-order valence-corrected chi connectivity index (χ3v) is 9.25. The van der Waals surface area contributed by atoms with Gasteiger partial charge in [-0.2, -0.15) is 0 Å². The Balaban J connectivity index is 2.11. The summed E-state index contributed by atoms with van der Waals surface area (Å²) in [6.45, 7) is 9.52. The van der Waals surface area contributed by atoms with E-state index < -0.39 is 28.5 Å². The highest BCUT2D eigenvalue weighted by Crippen LogP contribution is 2.33. The van der Waals surface area contributed by atoms with Gasteiger partial charge in [0.15, 0.2) is 11.5 Å². The Morgan fingerprint density at radius 3 is 2.16 bits per heavy atom. The molecule has 3 aromatic rings. The van der Waals surface area contributed by atoms with Crippen LogP contribution < -0.4 is 23.8 Å². The molecule has 0 bridgehead atoms. The Hall–Kier alpha value is -4.25. The van der Waals surface area contributed by atoms with Gasteiger partial charge in [-0.05, 0) is 75.6 Å². The van der Waals surface area contributed by atoms with Crippen molar-refractivity contribution in [3.05, 3.63) is 77.9 Å². The molecule has 0 aliphatic rings. The van der Waals surface area contributed by atoms with Gasteiger partial charge in [-0.15, -0.1) is 0 Å². The van der Waals surface area contributed by atoms with E-state index in [1.807, 2.05) is 58.9 Å². The molecule has 45 heavy (non-hydrogen) atoms. The number of nitrogens with one attached hydrogen (secondary N) is 1. The van der Waals surface area contributed by atoms with Gasteiger partial charge >= 0.3 is 0 Å². The van der Waals surface area contributed by atoms with Crippen molar-refractivity contribution >= 4 is 27.5 Å². The molecule has 10 nitrogen and oxygen atoms in total. The first-order valence-corrected chi connectivity index (χ1v) is 16.6. The summed E-state index contributed by atoms with van der Waals surface area (Å²) < 4.78 is 45.8. The third-order valence-electron chi connectivity index (χ3n) is 7.48. The molecular formula is C34H45N3O7S. The van der Waals surface area contributed by atoms with Crippen molar-refractivity contribution in [2.24, 2.45) is 0 Å². The number of hydrogen-bond donors (Lipinski definition) is 1. The molecule has 2 amide bonds. The molecule has 0 aliphatic heterocycles.